The second kappa shape index (κ2) is 6.58. The van der Waals surface area contributed by atoms with E-state index in [2.05, 4.69) is 0 Å². The molecule has 5 heteroatoms. The van der Waals surface area contributed by atoms with Crippen molar-refractivity contribution in [3.63, 3.8) is 0 Å². The van der Waals surface area contributed by atoms with E-state index >= 15 is 0 Å². The maximum atomic E-state index is 13.9. The van der Waals surface area contributed by atoms with Crippen LogP contribution in [-0.4, -0.2) is 10.8 Å². The first-order valence-electron chi connectivity index (χ1n) is 6.81. The van der Waals surface area contributed by atoms with Gasteiger partial charge in [-0.05, 0) is 46.7 Å². The molecule has 112 valence electrons. The molecule has 0 spiro atoms. The number of hydrogen-bond donors (Lipinski definition) is 0. The molecule has 22 heavy (non-hydrogen) atoms. The molecule has 0 bridgehead atoms. The van der Waals surface area contributed by atoms with E-state index in [4.69, 9.17) is 4.42 Å². The Bertz CT molecular complexity index is 702. The van der Waals surface area contributed by atoms with Crippen LogP contribution in [0.2, 0.25) is 0 Å². The van der Waals surface area contributed by atoms with E-state index in [0.717, 1.165) is 5.56 Å². The fraction of sp³-hybridized carbons (Fsp3) is 0.118. The van der Waals surface area contributed by atoms with Crippen molar-refractivity contribution in [2.24, 2.45) is 0 Å². The number of carbonyl (C=O) groups excluding carboxylic acids is 1. The lowest BCUT2D eigenvalue weighted by Crippen LogP contribution is -2.30. The van der Waals surface area contributed by atoms with E-state index in [9.17, 15) is 9.18 Å². The topological polar surface area (TPSA) is 33.5 Å². The van der Waals surface area contributed by atoms with Gasteiger partial charge in [0.15, 0.2) is 0 Å². The van der Waals surface area contributed by atoms with Crippen molar-refractivity contribution < 1.29 is 13.6 Å². The van der Waals surface area contributed by atoms with Crippen LogP contribution in [0.15, 0.2) is 63.9 Å². The van der Waals surface area contributed by atoms with E-state index < -0.39 is 5.82 Å². The van der Waals surface area contributed by atoms with Gasteiger partial charge in [-0.15, -0.1) is 0 Å². The van der Waals surface area contributed by atoms with E-state index in [0.29, 0.717) is 18.8 Å². The average Bonchev–Trinajstić information content (AvgIpc) is 3.20. The lowest BCUT2D eigenvalue weighted by Gasteiger charge is -2.21. The second-order valence-corrected chi connectivity index (χ2v) is 5.63. The van der Waals surface area contributed by atoms with Crippen molar-refractivity contribution in [3.05, 3.63) is 82.2 Å². The monoisotopic (exact) mass is 315 g/mol. The number of nitrogens with zero attached hydrogens (tertiary/aromatic N) is 1. The first-order valence-corrected chi connectivity index (χ1v) is 7.75. The summed E-state index contributed by atoms with van der Waals surface area (Å²) >= 11 is 1.56. The van der Waals surface area contributed by atoms with Crippen LogP contribution >= 0.6 is 11.3 Å². The summed E-state index contributed by atoms with van der Waals surface area (Å²) < 4.78 is 19.2. The minimum atomic E-state index is -0.512. The molecule has 0 saturated heterocycles. The van der Waals surface area contributed by atoms with Gasteiger partial charge in [-0.3, -0.25) is 4.79 Å². The molecular formula is C17H14FNO2S. The molecule has 0 aliphatic heterocycles. The van der Waals surface area contributed by atoms with E-state index in [-0.39, 0.29) is 11.5 Å². The molecular weight excluding hydrogens is 301 g/mol. The maximum Gasteiger partial charge on any atom is 0.257 e. The molecule has 3 nitrogen and oxygen atoms in total. The molecule has 0 unspecified atom stereocenters. The van der Waals surface area contributed by atoms with Crippen molar-refractivity contribution in [3.8, 4) is 0 Å². The van der Waals surface area contributed by atoms with Gasteiger partial charge in [0.2, 0.25) is 0 Å². The van der Waals surface area contributed by atoms with Gasteiger partial charge in [-0.1, -0.05) is 12.1 Å². The SMILES string of the molecule is O=C(c1ccccc1F)N(Cc1ccsc1)Cc1ccco1. The number of furan rings is 1. The van der Waals surface area contributed by atoms with Gasteiger partial charge in [0, 0.05) is 6.54 Å². The standard InChI is InChI=1S/C17H14FNO2S/c18-16-6-2-1-5-15(16)17(20)19(10-13-7-9-22-12-13)11-14-4-3-8-21-14/h1-9,12H,10-11H2. The van der Waals surface area contributed by atoms with Crippen LogP contribution in [0, 0.1) is 5.82 Å². The lowest BCUT2D eigenvalue weighted by atomic mass is 10.1. The van der Waals surface area contributed by atoms with Gasteiger partial charge < -0.3 is 9.32 Å². The summed E-state index contributed by atoms with van der Waals surface area (Å²) in [6.45, 7) is 0.716. The van der Waals surface area contributed by atoms with Crippen LogP contribution in [0.3, 0.4) is 0 Å². The number of halogens is 1. The van der Waals surface area contributed by atoms with E-state index in [1.54, 1.807) is 46.8 Å². The highest BCUT2D eigenvalue weighted by Gasteiger charge is 2.20. The smallest absolute Gasteiger partial charge is 0.257 e. The Hall–Kier alpha value is -2.40. The molecule has 2 aromatic heterocycles. The minimum Gasteiger partial charge on any atom is -0.467 e. The number of rotatable bonds is 5. The molecule has 3 rings (SSSR count). The third-order valence-corrected chi connectivity index (χ3v) is 4.00. The quantitative estimate of drug-likeness (QED) is 0.702. The second-order valence-electron chi connectivity index (χ2n) is 4.85. The summed E-state index contributed by atoms with van der Waals surface area (Å²) in [4.78, 5) is 14.2. The molecule has 1 aromatic carbocycles. The zero-order chi connectivity index (χ0) is 15.4. The predicted molar refractivity (Wildman–Crippen MR) is 83.0 cm³/mol. The van der Waals surface area contributed by atoms with Gasteiger partial charge in [-0.25, -0.2) is 4.39 Å². The third-order valence-electron chi connectivity index (χ3n) is 3.27. The largest absolute Gasteiger partial charge is 0.467 e. The van der Waals surface area contributed by atoms with Gasteiger partial charge in [0.25, 0.3) is 5.91 Å². The summed E-state index contributed by atoms with van der Waals surface area (Å²) in [6.07, 6.45) is 1.56. The predicted octanol–water partition coefficient (Wildman–Crippen LogP) is 4.32. The molecule has 0 atom stereocenters. The van der Waals surface area contributed by atoms with Crippen molar-refractivity contribution in [1.29, 1.82) is 0 Å². The Morgan fingerprint density at radius 1 is 1.14 bits per heavy atom. The maximum absolute atomic E-state index is 13.9. The zero-order valence-electron chi connectivity index (χ0n) is 11.7. The van der Waals surface area contributed by atoms with E-state index in [1.807, 2.05) is 16.8 Å². The number of hydrogen-bond acceptors (Lipinski definition) is 3. The lowest BCUT2D eigenvalue weighted by molar-refractivity contribution is 0.0713. The summed E-state index contributed by atoms with van der Waals surface area (Å²) in [7, 11) is 0. The zero-order valence-corrected chi connectivity index (χ0v) is 12.6. The van der Waals surface area contributed by atoms with Crippen molar-refractivity contribution in [2.75, 3.05) is 0 Å². The molecule has 0 fully saturated rings. The summed E-state index contributed by atoms with van der Waals surface area (Å²) in [6, 6.07) is 11.5. The van der Waals surface area contributed by atoms with Crippen molar-refractivity contribution >= 4 is 17.2 Å². The normalized spacial score (nSPS) is 10.6. The van der Waals surface area contributed by atoms with Crippen LogP contribution < -0.4 is 0 Å². The highest BCUT2D eigenvalue weighted by Crippen LogP contribution is 2.17. The van der Waals surface area contributed by atoms with Gasteiger partial charge >= 0.3 is 0 Å². The van der Waals surface area contributed by atoms with Gasteiger partial charge in [-0.2, -0.15) is 11.3 Å². The molecule has 2 heterocycles. The third kappa shape index (κ3) is 3.26. The van der Waals surface area contributed by atoms with Crippen LogP contribution in [0.25, 0.3) is 0 Å². The molecule has 0 radical (unpaired) electrons. The highest BCUT2D eigenvalue weighted by molar-refractivity contribution is 7.07. The first kappa shape index (κ1) is 14.5. The molecule has 0 aliphatic rings. The van der Waals surface area contributed by atoms with Crippen molar-refractivity contribution in [2.45, 2.75) is 13.1 Å². The first-order chi connectivity index (χ1) is 10.7. The highest BCUT2D eigenvalue weighted by atomic mass is 32.1. The van der Waals surface area contributed by atoms with Gasteiger partial charge in [0.05, 0.1) is 18.4 Å². The molecule has 3 aromatic rings. The number of benzene rings is 1. The fourth-order valence-electron chi connectivity index (χ4n) is 2.20. The van der Waals surface area contributed by atoms with Crippen LogP contribution in [0.5, 0.6) is 0 Å². The minimum absolute atomic E-state index is 0.0734. The Kier molecular flexibility index (Phi) is 4.34. The summed E-state index contributed by atoms with van der Waals surface area (Å²) in [5.41, 5.74) is 1.09. The molecule has 0 N–H and O–H groups in total. The van der Waals surface area contributed by atoms with Crippen molar-refractivity contribution in [1.82, 2.24) is 4.90 Å². The fourth-order valence-corrected chi connectivity index (χ4v) is 2.86. The molecule has 1 amide bonds. The summed E-state index contributed by atoms with van der Waals surface area (Å²) in [5, 5.41) is 3.93. The Labute approximate surface area is 131 Å². The number of thiophene rings is 1. The van der Waals surface area contributed by atoms with Crippen LogP contribution in [0.4, 0.5) is 4.39 Å². The van der Waals surface area contributed by atoms with Crippen LogP contribution in [0.1, 0.15) is 21.7 Å². The molecule has 0 saturated carbocycles. The Morgan fingerprint density at radius 2 is 2.00 bits per heavy atom. The average molecular weight is 315 g/mol. The Morgan fingerprint density at radius 3 is 2.68 bits per heavy atom. The van der Waals surface area contributed by atoms with E-state index in [1.165, 1.54) is 12.1 Å². The molecule has 0 aliphatic carbocycles. The van der Waals surface area contributed by atoms with Gasteiger partial charge in [0.1, 0.15) is 11.6 Å². The Balaban J connectivity index is 1.87. The number of carbonyl (C=O) groups is 1. The number of amides is 1. The summed E-state index contributed by atoms with van der Waals surface area (Å²) in [5.74, 6) is -0.192. The van der Waals surface area contributed by atoms with Crippen LogP contribution in [-0.2, 0) is 13.1 Å².